The molecule has 2 aromatic rings. The molecule has 0 fully saturated rings. The Balaban J connectivity index is 1.50. The van der Waals surface area contributed by atoms with Crippen molar-refractivity contribution in [3.8, 4) is 0 Å². The third kappa shape index (κ3) is 3.01. The van der Waals surface area contributed by atoms with Gasteiger partial charge in [0.15, 0.2) is 5.82 Å². The molecule has 100 valence electrons. The first-order chi connectivity index (χ1) is 9.31. The summed E-state index contributed by atoms with van der Waals surface area (Å²) in [5.41, 5.74) is 2.99. The number of nitrogens with zero attached hydrogens (tertiary/aromatic N) is 2. The lowest BCUT2D eigenvalue weighted by atomic mass is 9.88. The fraction of sp³-hybridized carbons (Fsp3) is 0.467. The average Bonchev–Trinajstić information content (AvgIpc) is 2.84. The van der Waals surface area contributed by atoms with E-state index >= 15 is 0 Å². The van der Waals surface area contributed by atoms with Gasteiger partial charge in [-0.1, -0.05) is 29.4 Å². The molecule has 1 aliphatic rings. The molecule has 0 radical (unpaired) electrons. The van der Waals surface area contributed by atoms with E-state index in [-0.39, 0.29) is 0 Å². The molecule has 0 amide bonds. The van der Waals surface area contributed by atoms with Crippen molar-refractivity contribution in [1.82, 2.24) is 15.5 Å². The predicted molar refractivity (Wildman–Crippen MR) is 73.0 cm³/mol. The van der Waals surface area contributed by atoms with Crippen LogP contribution in [0.25, 0.3) is 0 Å². The van der Waals surface area contributed by atoms with Crippen LogP contribution in [0, 0.1) is 6.92 Å². The molecule has 0 spiro atoms. The van der Waals surface area contributed by atoms with Gasteiger partial charge in [0.2, 0.25) is 5.89 Å². The predicted octanol–water partition coefficient (Wildman–Crippen LogP) is 2.07. The van der Waals surface area contributed by atoms with Crippen molar-refractivity contribution in [2.45, 2.75) is 38.6 Å². The van der Waals surface area contributed by atoms with Gasteiger partial charge in [0.1, 0.15) is 0 Å². The average molecular weight is 257 g/mol. The maximum atomic E-state index is 5.11. The van der Waals surface area contributed by atoms with Crippen molar-refractivity contribution in [2.75, 3.05) is 6.54 Å². The SMILES string of the molecule is Cc1noc(CCNC2CCc3ccccc3C2)n1. The normalized spacial score (nSPS) is 18.3. The van der Waals surface area contributed by atoms with Crippen molar-refractivity contribution in [2.24, 2.45) is 0 Å². The van der Waals surface area contributed by atoms with Gasteiger partial charge < -0.3 is 9.84 Å². The van der Waals surface area contributed by atoms with Crippen molar-refractivity contribution in [1.29, 1.82) is 0 Å². The van der Waals surface area contributed by atoms with Crippen LogP contribution >= 0.6 is 0 Å². The maximum absolute atomic E-state index is 5.11. The van der Waals surface area contributed by atoms with Gasteiger partial charge in [0, 0.05) is 19.0 Å². The second-order valence-corrected chi connectivity index (χ2v) is 5.15. The van der Waals surface area contributed by atoms with Crippen LogP contribution in [0.3, 0.4) is 0 Å². The van der Waals surface area contributed by atoms with E-state index in [2.05, 4.69) is 39.7 Å². The molecule has 4 nitrogen and oxygen atoms in total. The first kappa shape index (κ1) is 12.4. The summed E-state index contributed by atoms with van der Waals surface area (Å²) < 4.78 is 5.11. The molecule has 4 heteroatoms. The molecule has 19 heavy (non-hydrogen) atoms. The van der Waals surface area contributed by atoms with E-state index in [0.717, 1.165) is 25.3 Å². The highest BCUT2D eigenvalue weighted by atomic mass is 16.5. The zero-order valence-electron chi connectivity index (χ0n) is 11.2. The molecule has 1 aromatic carbocycles. The molecule has 1 aromatic heterocycles. The van der Waals surface area contributed by atoms with Gasteiger partial charge in [-0.3, -0.25) is 0 Å². The van der Waals surface area contributed by atoms with E-state index in [4.69, 9.17) is 4.52 Å². The largest absolute Gasteiger partial charge is 0.339 e. The number of nitrogens with one attached hydrogen (secondary N) is 1. The van der Waals surface area contributed by atoms with Crippen molar-refractivity contribution >= 4 is 0 Å². The Morgan fingerprint density at radius 2 is 2.16 bits per heavy atom. The molecule has 3 rings (SSSR count). The fourth-order valence-electron chi connectivity index (χ4n) is 2.70. The second-order valence-electron chi connectivity index (χ2n) is 5.15. The van der Waals surface area contributed by atoms with Crippen molar-refractivity contribution in [3.63, 3.8) is 0 Å². The summed E-state index contributed by atoms with van der Waals surface area (Å²) in [5, 5.41) is 7.39. The summed E-state index contributed by atoms with van der Waals surface area (Å²) in [6, 6.07) is 9.31. The van der Waals surface area contributed by atoms with Gasteiger partial charge in [-0.15, -0.1) is 0 Å². The number of hydrogen-bond donors (Lipinski definition) is 1. The highest BCUT2D eigenvalue weighted by molar-refractivity contribution is 5.30. The molecule has 0 aliphatic heterocycles. The van der Waals surface area contributed by atoms with Crippen LogP contribution in [0.15, 0.2) is 28.8 Å². The molecular weight excluding hydrogens is 238 g/mol. The Hall–Kier alpha value is -1.68. The van der Waals surface area contributed by atoms with E-state index in [9.17, 15) is 0 Å². The number of aryl methyl sites for hydroxylation is 2. The molecule has 1 aliphatic carbocycles. The van der Waals surface area contributed by atoms with E-state index in [1.54, 1.807) is 0 Å². The quantitative estimate of drug-likeness (QED) is 0.911. The van der Waals surface area contributed by atoms with Crippen LogP contribution < -0.4 is 5.32 Å². The third-order valence-corrected chi connectivity index (χ3v) is 3.69. The lowest BCUT2D eigenvalue weighted by Gasteiger charge is -2.25. The highest BCUT2D eigenvalue weighted by Gasteiger charge is 2.17. The van der Waals surface area contributed by atoms with Crippen LogP contribution in [-0.4, -0.2) is 22.7 Å². The second kappa shape index (κ2) is 5.53. The lowest BCUT2D eigenvalue weighted by molar-refractivity contribution is 0.366. The summed E-state index contributed by atoms with van der Waals surface area (Å²) >= 11 is 0. The van der Waals surface area contributed by atoms with E-state index < -0.39 is 0 Å². The molecule has 1 atom stereocenters. The molecule has 1 heterocycles. The smallest absolute Gasteiger partial charge is 0.227 e. The van der Waals surface area contributed by atoms with Gasteiger partial charge in [-0.2, -0.15) is 4.98 Å². The Labute approximate surface area is 113 Å². The molecule has 0 saturated carbocycles. The Bertz CT molecular complexity index is 550. The maximum Gasteiger partial charge on any atom is 0.227 e. The molecular formula is C15H19N3O. The Morgan fingerprint density at radius 1 is 1.32 bits per heavy atom. The van der Waals surface area contributed by atoms with Crippen LogP contribution in [0.4, 0.5) is 0 Å². The Morgan fingerprint density at radius 3 is 2.95 bits per heavy atom. The van der Waals surface area contributed by atoms with Gasteiger partial charge in [-0.25, -0.2) is 0 Å². The van der Waals surface area contributed by atoms with E-state index in [1.807, 2.05) is 6.92 Å². The van der Waals surface area contributed by atoms with Crippen LogP contribution in [0.5, 0.6) is 0 Å². The summed E-state index contributed by atoms with van der Waals surface area (Å²) in [7, 11) is 0. The van der Waals surface area contributed by atoms with Gasteiger partial charge >= 0.3 is 0 Å². The number of aromatic nitrogens is 2. The standard InChI is InChI=1S/C15H19N3O/c1-11-17-15(19-18-11)8-9-16-14-7-6-12-4-2-3-5-13(12)10-14/h2-5,14,16H,6-10H2,1H3. The lowest BCUT2D eigenvalue weighted by Crippen LogP contribution is -2.35. The van der Waals surface area contributed by atoms with Crippen LogP contribution in [0.1, 0.15) is 29.3 Å². The minimum Gasteiger partial charge on any atom is -0.339 e. The Kier molecular flexibility index (Phi) is 3.60. The van der Waals surface area contributed by atoms with Crippen LogP contribution in [0.2, 0.25) is 0 Å². The van der Waals surface area contributed by atoms with E-state index in [0.29, 0.717) is 11.9 Å². The van der Waals surface area contributed by atoms with Crippen LogP contribution in [-0.2, 0) is 19.3 Å². The number of fused-ring (bicyclic) bond motifs is 1. The highest BCUT2D eigenvalue weighted by Crippen LogP contribution is 2.20. The summed E-state index contributed by atoms with van der Waals surface area (Å²) in [6.45, 7) is 2.74. The minimum atomic E-state index is 0.568. The van der Waals surface area contributed by atoms with Crippen molar-refractivity contribution in [3.05, 3.63) is 47.1 Å². The monoisotopic (exact) mass is 257 g/mol. The molecule has 0 saturated heterocycles. The topological polar surface area (TPSA) is 51.0 Å². The minimum absolute atomic E-state index is 0.568. The summed E-state index contributed by atoms with van der Waals surface area (Å²) in [5.74, 6) is 1.43. The molecule has 1 unspecified atom stereocenters. The van der Waals surface area contributed by atoms with Gasteiger partial charge in [0.05, 0.1) is 0 Å². The number of benzene rings is 1. The van der Waals surface area contributed by atoms with Gasteiger partial charge in [-0.05, 0) is 37.3 Å². The fourth-order valence-corrected chi connectivity index (χ4v) is 2.70. The molecule has 1 N–H and O–H groups in total. The molecule has 0 bridgehead atoms. The zero-order valence-corrected chi connectivity index (χ0v) is 11.2. The van der Waals surface area contributed by atoms with Crippen molar-refractivity contribution < 1.29 is 4.52 Å². The number of hydrogen-bond acceptors (Lipinski definition) is 4. The first-order valence-electron chi connectivity index (χ1n) is 6.90. The summed E-state index contributed by atoms with van der Waals surface area (Å²) in [4.78, 5) is 4.21. The van der Waals surface area contributed by atoms with Gasteiger partial charge in [0.25, 0.3) is 0 Å². The van der Waals surface area contributed by atoms with E-state index in [1.165, 1.54) is 24.0 Å². The first-order valence-corrected chi connectivity index (χ1v) is 6.90. The zero-order chi connectivity index (χ0) is 13.1. The third-order valence-electron chi connectivity index (χ3n) is 3.69. The number of rotatable bonds is 4. The summed E-state index contributed by atoms with van der Waals surface area (Å²) in [6.07, 6.45) is 4.31.